The summed E-state index contributed by atoms with van der Waals surface area (Å²) in [6.45, 7) is 2.65. The Bertz CT molecular complexity index is 538. The first kappa shape index (κ1) is 13.0. The van der Waals surface area contributed by atoms with Crippen LogP contribution in [0.3, 0.4) is 0 Å². The summed E-state index contributed by atoms with van der Waals surface area (Å²) in [4.78, 5) is 0. The molecule has 2 rings (SSSR count). The number of ether oxygens (including phenoxy) is 2. The van der Waals surface area contributed by atoms with Crippen molar-refractivity contribution in [3.8, 4) is 22.6 Å². The maximum Gasteiger partial charge on any atom is 0.119 e. The van der Waals surface area contributed by atoms with Gasteiger partial charge in [0.05, 0.1) is 13.7 Å². The molecule has 0 heterocycles. The Hall–Kier alpha value is -1.48. The van der Waals surface area contributed by atoms with Gasteiger partial charge >= 0.3 is 0 Å². The summed E-state index contributed by atoms with van der Waals surface area (Å²) in [6, 6.07) is 14.0. The van der Waals surface area contributed by atoms with Gasteiger partial charge in [-0.1, -0.05) is 28.1 Å². The Morgan fingerprint density at radius 3 is 2.61 bits per heavy atom. The highest BCUT2D eigenvalue weighted by atomic mass is 79.9. The van der Waals surface area contributed by atoms with Gasteiger partial charge in [0.15, 0.2) is 0 Å². The van der Waals surface area contributed by atoms with Crippen molar-refractivity contribution < 1.29 is 9.47 Å². The molecule has 0 aliphatic rings. The van der Waals surface area contributed by atoms with Crippen LogP contribution in [0.15, 0.2) is 46.9 Å². The van der Waals surface area contributed by atoms with Crippen LogP contribution in [0.2, 0.25) is 0 Å². The number of methoxy groups -OCH3 is 1. The third kappa shape index (κ3) is 2.85. The highest BCUT2D eigenvalue weighted by Crippen LogP contribution is 2.33. The molecule has 0 spiro atoms. The molecule has 2 aromatic carbocycles. The molecule has 94 valence electrons. The first-order valence-corrected chi connectivity index (χ1v) is 6.60. The van der Waals surface area contributed by atoms with Crippen molar-refractivity contribution in [1.29, 1.82) is 0 Å². The smallest absolute Gasteiger partial charge is 0.119 e. The summed E-state index contributed by atoms with van der Waals surface area (Å²) in [6.07, 6.45) is 0. The first-order chi connectivity index (χ1) is 8.74. The van der Waals surface area contributed by atoms with Crippen LogP contribution < -0.4 is 9.47 Å². The van der Waals surface area contributed by atoms with Crippen molar-refractivity contribution in [3.63, 3.8) is 0 Å². The Kier molecular flexibility index (Phi) is 4.26. The number of halogens is 1. The van der Waals surface area contributed by atoms with Gasteiger partial charge in [0.1, 0.15) is 11.5 Å². The molecule has 0 unspecified atom stereocenters. The lowest BCUT2D eigenvalue weighted by Crippen LogP contribution is -1.92. The average Bonchev–Trinajstić information content (AvgIpc) is 2.41. The van der Waals surface area contributed by atoms with Crippen molar-refractivity contribution in [3.05, 3.63) is 46.9 Å². The molecule has 0 atom stereocenters. The number of hydrogen-bond donors (Lipinski definition) is 0. The van der Waals surface area contributed by atoms with Crippen LogP contribution in [0.25, 0.3) is 11.1 Å². The van der Waals surface area contributed by atoms with Gasteiger partial charge < -0.3 is 9.47 Å². The molecule has 18 heavy (non-hydrogen) atoms. The summed E-state index contributed by atoms with van der Waals surface area (Å²) in [5, 5.41) is 0. The van der Waals surface area contributed by atoms with E-state index in [9.17, 15) is 0 Å². The van der Waals surface area contributed by atoms with E-state index in [4.69, 9.17) is 9.47 Å². The topological polar surface area (TPSA) is 18.5 Å². The van der Waals surface area contributed by atoms with Crippen LogP contribution in [0.5, 0.6) is 11.5 Å². The lowest BCUT2D eigenvalue weighted by Gasteiger charge is -2.10. The SMILES string of the molecule is CCOc1ccc(Br)c(-c2cccc(OC)c2)c1. The van der Waals surface area contributed by atoms with Crippen molar-refractivity contribution in [1.82, 2.24) is 0 Å². The summed E-state index contributed by atoms with van der Waals surface area (Å²) in [5.74, 6) is 1.72. The predicted molar refractivity (Wildman–Crippen MR) is 77.3 cm³/mol. The normalized spacial score (nSPS) is 10.2. The van der Waals surface area contributed by atoms with Crippen LogP contribution in [0.1, 0.15) is 6.92 Å². The summed E-state index contributed by atoms with van der Waals surface area (Å²) in [5.41, 5.74) is 2.20. The first-order valence-electron chi connectivity index (χ1n) is 5.81. The van der Waals surface area contributed by atoms with Crippen molar-refractivity contribution in [2.75, 3.05) is 13.7 Å². The van der Waals surface area contributed by atoms with Gasteiger partial charge in [-0.2, -0.15) is 0 Å². The van der Waals surface area contributed by atoms with E-state index in [1.54, 1.807) is 7.11 Å². The molecular formula is C15H15BrO2. The van der Waals surface area contributed by atoms with E-state index >= 15 is 0 Å². The van der Waals surface area contributed by atoms with Crippen LogP contribution in [0.4, 0.5) is 0 Å². The zero-order chi connectivity index (χ0) is 13.0. The monoisotopic (exact) mass is 306 g/mol. The molecule has 0 radical (unpaired) electrons. The van der Waals surface area contributed by atoms with Crippen LogP contribution in [-0.2, 0) is 0 Å². The third-order valence-electron chi connectivity index (χ3n) is 2.63. The molecule has 2 nitrogen and oxygen atoms in total. The van der Waals surface area contributed by atoms with Gasteiger partial charge in [0, 0.05) is 4.47 Å². The molecule has 0 aliphatic heterocycles. The van der Waals surface area contributed by atoms with E-state index in [0.717, 1.165) is 27.1 Å². The second kappa shape index (κ2) is 5.91. The van der Waals surface area contributed by atoms with Gasteiger partial charge in [-0.15, -0.1) is 0 Å². The van der Waals surface area contributed by atoms with E-state index in [0.29, 0.717) is 6.61 Å². The molecule has 0 aliphatic carbocycles. The largest absolute Gasteiger partial charge is 0.497 e. The number of hydrogen-bond acceptors (Lipinski definition) is 2. The summed E-state index contributed by atoms with van der Waals surface area (Å²) < 4.78 is 11.8. The van der Waals surface area contributed by atoms with Gasteiger partial charge in [0.2, 0.25) is 0 Å². The highest BCUT2D eigenvalue weighted by molar-refractivity contribution is 9.10. The Balaban J connectivity index is 2.44. The predicted octanol–water partition coefficient (Wildman–Crippen LogP) is 4.52. The molecule has 0 bridgehead atoms. The summed E-state index contributed by atoms with van der Waals surface area (Å²) in [7, 11) is 1.67. The van der Waals surface area contributed by atoms with E-state index in [1.165, 1.54) is 0 Å². The number of benzene rings is 2. The zero-order valence-corrected chi connectivity index (χ0v) is 12.0. The Labute approximate surface area is 116 Å². The fraction of sp³-hybridized carbons (Fsp3) is 0.200. The standard InChI is InChI=1S/C15H15BrO2/c1-3-18-13-7-8-15(16)14(10-13)11-5-4-6-12(9-11)17-2/h4-10H,3H2,1-2H3. The molecule has 0 saturated heterocycles. The van der Waals surface area contributed by atoms with Crippen molar-refractivity contribution in [2.24, 2.45) is 0 Å². The van der Waals surface area contributed by atoms with Gasteiger partial charge in [-0.3, -0.25) is 0 Å². The van der Waals surface area contributed by atoms with Gasteiger partial charge in [-0.05, 0) is 48.4 Å². The minimum atomic E-state index is 0.666. The van der Waals surface area contributed by atoms with E-state index < -0.39 is 0 Å². The van der Waals surface area contributed by atoms with Crippen molar-refractivity contribution in [2.45, 2.75) is 6.92 Å². The molecule has 0 amide bonds. The van der Waals surface area contributed by atoms with E-state index in [-0.39, 0.29) is 0 Å². The molecular weight excluding hydrogens is 292 g/mol. The molecule has 0 aromatic heterocycles. The number of rotatable bonds is 4. The minimum absolute atomic E-state index is 0.666. The highest BCUT2D eigenvalue weighted by Gasteiger charge is 2.06. The Morgan fingerprint density at radius 1 is 1.06 bits per heavy atom. The Morgan fingerprint density at radius 2 is 1.89 bits per heavy atom. The van der Waals surface area contributed by atoms with Crippen LogP contribution in [-0.4, -0.2) is 13.7 Å². The van der Waals surface area contributed by atoms with Gasteiger partial charge in [0.25, 0.3) is 0 Å². The van der Waals surface area contributed by atoms with E-state index in [2.05, 4.69) is 22.0 Å². The molecule has 3 heteroatoms. The zero-order valence-electron chi connectivity index (χ0n) is 10.4. The second-order valence-electron chi connectivity index (χ2n) is 3.81. The maximum atomic E-state index is 5.53. The van der Waals surface area contributed by atoms with Crippen LogP contribution >= 0.6 is 15.9 Å². The molecule has 0 saturated carbocycles. The van der Waals surface area contributed by atoms with Crippen LogP contribution in [0, 0.1) is 0 Å². The molecule has 0 fully saturated rings. The van der Waals surface area contributed by atoms with Gasteiger partial charge in [-0.25, -0.2) is 0 Å². The minimum Gasteiger partial charge on any atom is -0.497 e. The van der Waals surface area contributed by atoms with E-state index in [1.807, 2.05) is 43.3 Å². The second-order valence-corrected chi connectivity index (χ2v) is 4.66. The quantitative estimate of drug-likeness (QED) is 0.826. The lowest BCUT2D eigenvalue weighted by molar-refractivity contribution is 0.340. The maximum absolute atomic E-state index is 5.53. The average molecular weight is 307 g/mol. The lowest BCUT2D eigenvalue weighted by atomic mass is 10.1. The summed E-state index contributed by atoms with van der Waals surface area (Å²) >= 11 is 3.57. The molecule has 2 aromatic rings. The molecule has 0 N–H and O–H groups in total. The third-order valence-corrected chi connectivity index (χ3v) is 3.32. The van der Waals surface area contributed by atoms with Crippen molar-refractivity contribution >= 4 is 15.9 Å². The fourth-order valence-electron chi connectivity index (χ4n) is 1.77. The fourth-order valence-corrected chi connectivity index (χ4v) is 2.25.